The minimum atomic E-state index is -1.20. The third kappa shape index (κ3) is 17.7. The van der Waals surface area contributed by atoms with Crippen LogP contribution in [0.15, 0.2) is 212 Å². The molecule has 22 heteroatoms. The lowest BCUT2D eigenvalue weighted by Crippen LogP contribution is -2.70. The van der Waals surface area contributed by atoms with E-state index in [0.29, 0.717) is 45.7 Å². The second kappa shape index (κ2) is 39.0. The molecular formula is C98H127N3O19. The number of rotatable bonds is 38. The van der Waals surface area contributed by atoms with Gasteiger partial charge in [0.2, 0.25) is 0 Å². The Kier molecular flexibility index (Phi) is 28.4. The zero-order chi connectivity index (χ0) is 83.2. The predicted octanol–water partition coefficient (Wildman–Crippen LogP) is 15.0. The van der Waals surface area contributed by atoms with Crippen LogP contribution in [0.1, 0.15) is 140 Å². The molecule has 16 rings (SSSR count). The molecule has 6 aliphatic heterocycles. The van der Waals surface area contributed by atoms with Gasteiger partial charge in [-0.15, -0.1) is 0 Å². The molecule has 0 aromatic heterocycles. The van der Waals surface area contributed by atoms with Crippen LogP contribution < -0.4 is 17.2 Å². The van der Waals surface area contributed by atoms with Crippen molar-refractivity contribution in [2.45, 2.75) is 294 Å². The van der Waals surface area contributed by atoms with Crippen molar-refractivity contribution in [1.82, 2.24) is 0 Å². The molecule has 22 nitrogen and oxygen atoms in total. The third-order valence-electron chi connectivity index (χ3n) is 27.3. The summed E-state index contributed by atoms with van der Waals surface area (Å²) in [6, 6.07) is 68.6. The highest BCUT2D eigenvalue weighted by atomic mass is 16.8. The molecule has 648 valence electrons. The van der Waals surface area contributed by atoms with E-state index >= 15 is 0 Å². The Balaban J connectivity index is 0.654. The first-order valence-electron chi connectivity index (χ1n) is 44.3. The summed E-state index contributed by atoms with van der Waals surface area (Å²) in [6.07, 6.45) is -8.64. The first-order valence-corrected chi connectivity index (χ1v) is 44.3. The second-order valence-electron chi connectivity index (χ2n) is 34.8. The maximum atomic E-state index is 7.72. The highest BCUT2D eigenvalue weighted by Crippen LogP contribution is 2.64. The van der Waals surface area contributed by atoms with Crippen molar-refractivity contribution in [2.75, 3.05) is 6.61 Å². The SMILES string of the molecule is CCCCOC1OC(CC)C(OC2OC3(OCc4ccccc4)C(C)C(OC4OC(CC)C(OC5OC6(OCc7ccccc7)C(C)C(OC7OC(CC)C(OC8OC9(OCc%10ccccc%10)C(C)C(OCc%10ccccc%10)C9C8C)C(OCc8ccccc8)C7N)C6C5C)C(OCc5ccccc5)C4N)C3C2C)C(OCc2ccccc2)C1N. The van der Waals surface area contributed by atoms with Gasteiger partial charge in [0.1, 0.15) is 36.6 Å². The Morgan fingerprint density at radius 2 is 0.517 bits per heavy atom. The van der Waals surface area contributed by atoms with E-state index in [1.54, 1.807) is 0 Å². The summed E-state index contributed by atoms with van der Waals surface area (Å²) in [6.45, 7) is 23.8. The van der Waals surface area contributed by atoms with Gasteiger partial charge in [0, 0.05) is 59.9 Å². The van der Waals surface area contributed by atoms with Gasteiger partial charge in [0.25, 0.3) is 0 Å². The fourth-order valence-electron chi connectivity index (χ4n) is 20.5. The summed E-state index contributed by atoms with van der Waals surface area (Å²) in [5, 5.41) is 0. The number of ether oxygens (including phenoxy) is 19. The molecule has 9 fully saturated rings. The van der Waals surface area contributed by atoms with Crippen LogP contribution in [-0.2, 0) is 136 Å². The monoisotopic (exact) mass is 1650 g/mol. The largest absolute Gasteiger partial charge is 0.373 e. The Morgan fingerprint density at radius 3 is 0.800 bits per heavy atom. The van der Waals surface area contributed by atoms with Crippen LogP contribution in [0, 0.1) is 53.3 Å². The van der Waals surface area contributed by atoms with Crippen molar-refractivity contribution < 1.29 is 90.0 Å². The van der Waals surface area contributed by atoms with E-state index in [-0.39, 0.29) is 79.9 Å². The van der Waals surface area contributed by atoms with Crippen molar-refractivity contribution >= 4 is 0 Å². The van der Waals surface area contributed by atoms with E-state index in [9.17, 15) is 0 Å². The number of fused-ring (bicyclic) bond motifs is 3. The summed E-state index contributed by atoms with van der Waals surface area (Å²) in [4.78, 5) is 0. The average Bonchev–Trinajstić information content (AvgIpc) is 1.53. The van der Waals surface area contributed by atoms with Gasteiger partial charge in [-0.1, -0.05) is 288 Å². The Hall–Kier alpha value is -6.34. The van der Waals surface area contributed by atoms with E-state index < -0.39 is 146 Å². The smallest absolute Gasteiger partial charge is 0.182 e. The molecule has 6 N–H and O–H groups in total. The number of nitrogens with two attached hydrogens (primary N) is 3. The zero-order valence-electron chi connectivity index (χ0n) is 71.2. The summed E-state index contributed by atoms with van der Waals surface area (Å²) in [7, 11) is 0. The van der Waals surface area contributed by atoms with E-state index in [1.165, 1.54) is 0 Å². The van der Waals surface area contributed by atoms with Gasteiger partial charge >= 0.3 is 0 Å². The molecule has 7 aromatic carbocycles. The van der Waals surface area contributed by atoms with Crippen LogP contribution in [-0.4, -0.2) is 153 Å². The van der Waals surface area contributed by atoms with Gasteiger partial charge in [0.15, 0.2) is 55.1 Å². The van der Waals surface area contributed by atoms with E-state index in [4.69, 9.17) is 107 Å². The van der Waals surface area contributed by atoms with E-state index in [0.717, 1.165) is 51.8 Å². The van der Waals surface area contributed by atoms with Gasteiger partial charge in [-0.25, -0.2) is 0 Å². The highest BCUT2D eigenvalue weighted by molar-refractivity contribution is 5.23. The molecule has 33 unspecified atom stereocenters. The molecule has 3 aliphatic carbocycles. The van der Waals surface area contributed by atoms with Crippen molar-refractivity contribution in [3.8, 4) is 0 Å². The summed E-state index contributed by atoms with van der Waals surface area (Å²) < 4.78 is 136. The number of hydrogen-bond donors (Lipinski definition) is 3. The molecule has 3 saturated carbocycles. The number of benzene rings is 7. The maximum Gasteiger partial charge on any atom is 0.182 e. The maximum absolute atomic E-state index is 7.72. The van der Waals surface area contributed by atoms with Crippen molar-refractivity contribution in [1.29, 1.82) is 0 Å². The molecule has 0 amide bonds. The van der Waals surface area contributed by atoms with Gasteiger partial charge in [-0.3, -0.25) is 0 Å². The average molecular weight is 1650 g/mol. The molecule has 33 atom stereocenters. The second-order valence-corrected chi connectivity index (χ2v) is 34.8. The predicted molar refractivity (Wildman–Crippen MR) is 448 cm³/mol. The lowest BCUT2D eigenvalue weighted by Gasteiger charge is -2.57. The number of unbranched alkanes of at least 4 members (excludes halogenated alkanes) is 1. The molecular weight excluding hydrogens is 1520 g/mol. The summed E-state index contributed by atoms with van der Waals surface area (Å²) >= 11 is 0. The van der Waals surface area contributed by atoms with E-state index in [1.807, 2.05) is 164 Å². The first kappa shape index (κ1) is 87.1. The Morgan fingerprint density at radius 1 is 0.275 bits per heavy atom. The fraction of sp³-hybridized carbons (Fsp3) is 0.571. The highest BCUT2D eigenvalue weighted by Gasteiger charge is 2.76. The van der Waals surface area contributed by atoms with Crippen LogP contribution in [0.3, 0.4) is 0 Å². The first-order chi connectivity index (χ1) is 58.5. The third-order valence-corrected chi connectivity index (χ3v) is 27.3. The molecule has 6 heterocycles. The molecule has 120 heavy (non-hydrogen) atoms. The molecule has 0 radical (unpaired) electrons. The minimum absolute atomic E-state index is 0.131. The van der Waals surface area contributed by atoms with Crippen LogP contribution >= 0.6 is 0 Å². The van der Waals surface area contributed by atoms with Crippen LogP contribution in [0.25, 0.3) is 0 Å². The van der Waals surface area contributed by atoms with Gasteiger partial charge in [0.05, 0.1) is 101 Å². The molecule has 0 spiro atoms. The standard InChI is InChI=1S/C98H127N3O19/c1-11-15-51-102-93-78(99)87(104-53-66-39-25-17-26-40-66)84(72(12-2)110-93)115-91-60(6)76-82(63(9)97(76,119-91)108-57-70-47-33-21-34-48-70)113-95-80(101)89(106-55-68-43-29-19-30-44-68)86(74(14-4)112-95)117-92-61(7)77-83(64(10)98(77,120-92)109-58-71-49-35-22-36-50-71)114-94-79(100)88(105-54-67-41-27-18-28-42-67)85(73(13-3)111-94)116-90-59(5)75-81(103-52-65-37-23-16-24-38-65)62(8)96(75,118-90)107-56-69-45-31-20-32-46-69/h16-50,59-64,72-95H,11-15,51-58,99-101H2,1-10H3. The van der Waals surface area contributed by atoms with Gasteiger partial charge < -0.3 is 107 Å². The lowest BCUT2D eigenvalue weighted by atomic mass is 9.63. The zero-order valence-corrected chi connectivity index (χ0v) is 71.2. The Labute approximate surface area is 708 Å². The quantitative estimate of drug-likeness (QED) is 0.0304. The fourth-order valence-corrected chi connectivity index (χ4v) is 20.5. The summed E-state index contributed by atoms with van der Waals surface area (Å²) in [5.74, 6) is -5.98. The van der Waals surface area contributed by atoms with Crippen LogP contribution in [0.4, 0.5) is 0 Å². The van der Waals surface area contributed by atoms with Crippen molar-refractivity contribution in [2.24, 2.45) is 70.5 Å². The van der Waals surface area contributed by atoms with Crippen molar-refractivity contribution in [3.05, 3.63) is 251 Å². The minimum Gasteiger partial charge on any atom is -0.373 e. The van der Waals surface area contributed by atoms with Crippen molar-refractivity contribution in [3.63, 3.8) is 0 Å². The molecule has 9 aliphatic rings. The van der Waals surface area contributed by atoms with Crippen LogP contribution in [0.2, 0.25) is 0 Å². The lowest BCUT2D eigenvalue weighted by molar-refractivity contribution is -0.410. The van der Waals surface area contributed by atoms with Gasteiger partial charge in [-0.2, -0.15) is 0 Å². The molecule has 6 saturated heterocycles. The van der Waals surface area contributed by atoms with Gasteiger partial charge in [-0.05, 0) is 64.6 Å². The van der Waals surface area contributed by atoms with Crippen LogP contribution in [0.5, 0.6) is 0 Å². The van der Waals surface area contributed by atoms with E-state index in [2.05, 4.69) is 118 Å². The topological polar surface area (TPSA) is 253 Å². The molecule has 7 aromatic rings. The number of hydrogen-bond acceptors (Lipinski definition) is 22. The normalized spacial score (nSPS) is 39.3. The Bertz CT molecular complexity index is 4280. The molecule has 0 bridgehead atoms. The summed E-state index contributed by atoms with van der Waals surface area (Å²) in [5.41, 5.74) is 29.6.